The molecule has 10 heteroatoms. The zero-order valence-electron chi connectivity index (χ0n) is 15.9. The molecule has 152 valence electrons. The zero-order valence-corrected chi connectivity index (χ0v) is 15.9. The van der Waals surface area contributed by atoms with E-state index in [2.05, 4.69) is 5.32 Å². The summed E-state index contributed by atoms with van der Waals surface area (Å²) in [5.41, 5.74) is 0.317. The Labute approximate surface area is 162 Å². The van der Waals surface area contributed by atoms with E-state index in [1.165, 1.54) is 12.1 Å². The minimum absolute atomic E-state index is 0.0236. The molecular weight excluding hydrogens is 368 g/mol. The summed E-state index contributed by atoms with van der Waals surface area (Å²) < 4.78 is 4.98. The lowest BCUT2D eigenvalue weighted by Gasteiger charge is -2.30. The van der Waals surface area contributed by atoms with E-state index in [4.69, 9.17) is 4.74 Å². The average Bonchev–Trinajstić information content (AvgIpc) is 2.65. The fourth-order valence-corrected chi connectivity index (χ4v) is 2.88. The highest BCUT2D eigenvalue weighted by Crippen LogP contribution is 2.28. The van der Waals surface area contributed by atoms with Crippen LogP contribution in [0.2, 0.25) is 0 Å². The van der Waals surface area contributed by atoms with Gasteiger partial charge in [0.05, 0.1) is 16.2 Å². The number of amides is 3. The van der Waals surface area contributed by atoms with E-state index in [0.717, 1.165) is 38.4 Å². The number of hydrogen-bond acceptors (Lipinski definition) is 7. The maximum atomic E-state index is 12.5. The Morgan fingerprint density at radius 1 is 1.21 bits per heavy atom. The van der Waals surface area contributed by atoms with E-state index >= 15 is 0 Å². The van der Waals surface area contributed by atoms with E-state index in [1.807, 2.05) is 10.2 Å². The van der Waals surface area contributed by atoms with Crippen molar-refractivity contribution in [3.05, 3.63) is 33.9 Å². The number of non-ortho nitro benzene ring substituents is 1. The molecule has 1 fully saturated rings. The van der Waals surface area contributed by atoms with Gasteiger partial charge in [-0.05, 0) is 39.2 Å². The van der Waals surface area contributed by atoms with Gasteiger partial charge in [-0.3, -0.25) is 20.2 Å². The Balaban J connectivity index is 2.09. The largest absolute Gasteiger partial charge is 0.452 e. The number of nitrogens with zero attached hydrogens (tertiary/aromatic N) is 2. The van der Waals surface area contributed by atoms with Gasteiger partial charge in [-0.2, -0.15) is 0 Å². The van der Waals surface area contributed by atoms with Crippen molar-refractivity contribution in [2.75, 3.05) is 24.6 Å². The lowest BCUT2D eigenvalue weighted by atomic mass is 10.1. The summed E-state index contributed by atoms with van der Waals surface area (Å²) in [6.07, 6.45) is 3.00. The third-order valence-electron chi connectivity index (χ3n) is 4.11. The Kier molecular flexibility index (Phi) is 7.30. The fraction of sp³-hybridized carbons (Fsp3) is 0.500. The van der Waals surface area contributed by atoms with Gasteiger partial charge in [-0.25, -0.2) is 9.59 Å². The van der Waals surface area contributed by atoms with E-state index < -0.39 is 29.4 Å². The monoisotopic (exact) mass is 392 g/mol. The summed E-state index contributed by atoms with van der Waals surface area (Å²) >= 11 is 0. The number of carbonyl (C=O) groups excluding carboxylic acids is 3. The van der Waals surface area contributed by atoms with Crippen molar-refractivity contribution < 1.29 is 24.0 Å². The van der Waals surface area contributed by atoms with Gasteiger partial charge in [0.25, 0.3) is 11.6 Å². The van der Waals surface area contributed by atoms with Crippen molar-refractivity contribution in [1.29, 1.82) is 0 Å². The summed E-state index contributed by atoms with van der Waals surface area (Å²) in [4.78, 5) is 48.2. The molecule has 0 aliphatic carbocycles. The standard InChI is InChI=1S/C18H24N4O6/c1-12(2)19-18(25)20-16(23)11-28-17(24)14-10-13(22(26)27)6-7-15(14)21-8-4-3-5-9-21/h6-7,10,12H,3-5,8-9,11H2,1-2H3,(H2,19,20,23,25). The summed E-state index contributed by atoms with van der Waals surface area (Å²) in [5.74, 6) is -1.65. The normalized spacial score (nSPS) is 13.8. The summed E-state index contributed by atoms with van der Waals surface area (Å²) in [6, 6.07) is 3.16. The van der Waals surface area contributed by atoms with E-state index in [0.29, 0.717) is 5.69 Å². The number of nitro benzene ring substituents is 1. The molecule has 0 saturated carbocycles. The van der Waals surface area contributed by atoms with Crippen molar-refractivity contribution in [2.45, 2.75) is 39.2 Å². The summed E-state index contributed by atoms with van der Waals surface area (Å²) in [5, 5.41) is 15.6. The predicted molar refractivity (Wildman–Crippen MR) is 101 cm³/mol. The molecule has 1 aromatic rings. The zero-order chi connectivity index (χ0) is 20.7. The number of anilines is 1. The van der Waals surface area contributed by atoms with Gasteiger partial charge in [-0.1, -0.05) is 0 Å². The van der Waals surface area contributed by atoms with Crippen LogP contribution in [-0.4, -0.2) is 48.6 Å². The number of urea groups is 1. The van der Waals surface area contributed by atoms with Gasteiger partial charge in [-0.15, -0.1) is 0 Å². The van der Waals surface area contributed by atoms with Crippen LogP contribution in [0.25, 0.3) is 0 Å². The van der Waals surface area contributed by atoms with Gasteiger partial charge in [0.15, 0.2) is 6.61 Å². The molecule has 0 aromatic heterocycles. The Morgan fingerprint density at radius 3 is 2.50 bits per heavy atom. The number of nitrogens with one attached hydrogen (secondary N) is 2. The molecule has 1 heterocycles. The number of benzene rings is 1. The van der Waals surface area contributed by atoms with Crippen LogP contribution in [0.4, 0.5) is 16.2 Å². The molecule has 1 aliphatic heterocycles. The first-order valence-corrected chi connectivity index (χ1v) is 9.08. The number of esters is 1. The first kappa shape index (κ1) is 21.1. The highest BCUT2D eigenvalue weighted by atomic mass is 16.6. The summed E-state index contributed by atoms with van der Waals surface area (Å²) in [6.45, 7) is 4.25. The van der Waals surface area contributed by atoms with E-state index in [9.17, 15) is 24.5 Å². The highest BCUT2D eigenvalue weighted by molar-refractivity contribution is 5.99. The SMILES string of the molecule is CC(C)NC(=O)NC(=O)COC(=O)c1cc([N+](=O)[O-])ccc1N1CCCCC1. The lowest BCUT2D eigenvalue weighted by molar-refractivity contribution is -0.384. The molecule has 1 aliphatic rings. The molecule has 0 bridgehead atoms. The minimum atomic E-state index is -0.858. The van der Waals surface area contributed by atoms with Gasteiger partial charge in [0.2, 0.25) is 0 Å². The number of rotatable bonds is 6. The van der Waals surface area contributed by atoms with Crippen LogP contribution in [0.3, 0.4) is 0 Å². The second-order valence-electron chi connectivity index (χ2n) is 6.76. The number of nitro groups is 1. The first-order valence-electron chi connectivity index (χ1n) is 9.08. The second kappa shape index (κ2) is 9.67. The number of hydrogen-bond donors (Lipinski definition) is 2. The molecule has 0 spiro atoms. The average molecular weight is 392 g/mol. The van der Waals surface area contributed by atoms with Crippen molar-refractivity contribution in [3.63, 3.8) is 0 Å². The number of piperidine rings is 1. The van der Waals surface area contributed by atoms with Crippen LogP contribution in [0.5, 0.6) is 0 Å². The Bertz CT molecular complexity index is 758. The van der Waals surface area contributed by atoms with Crippen LogP contribution in [0, 0.1) is 10.1 Å². The first-order chi connectivity index (χ1) is 13.3. The van der Waals surface area contributed by atoms with E-state index in [1.54, 1.807) is 13.8 Å². The van der Waals surface area contributed by atoms with Crippen molar-refractivity contribution in [1.82, 2.24) is 10.6 Å². The van der Waals surface area contributed by atoms with Crippen molar-refractivity contribution in [2.24, 2.45) is 0 Å². The van der Waals surface area contributed by atoms with Crippen LogP contribution >= 0.6 is 0 Å². The lowest BCUT2D eigenvalue weighted by Crippen LogP contribution is -2.44. The minimum Gasteiger partial charge on any atom is -0.452 e. The maximum Gasteiger partial charge on any atom is 0.341 e. The molecule has 3 amide bonds. The Morgan fingerprint density at radius 2 is 1.89 bits per heavy atom. The molecular formula is C18H24N4O6. The molecule has 10 nitrogen and oxygen atoms in total. The van der Waals surface area contributed by atoms with Crippen LogP contribution < -0.4 is 15.5 Å². The maximum absolute atomic E-state index is 12.5. The molecule has 0 unspecified atom stereocenters. The molecule has 2 rings (SSSR count). The highest BCUT2D eigenvalue weighted by Gasteiger charge is 2.23. The molecule has 0 radical (unpaired) electrons. The number of carbonyl (C=O) groups is 3. The van der Waals surface area contributed by atoms with Crippen LogP contribution in [-0.2, 0) is 9.53 Å². The van der Waals surface area contributed by atoms with Crippen LogP contribution in [0.1, 0.15) is 43.5 Å². The molecule has 1 saturated heterocycles. The quantitative estimate of drug-likeness (QED) is 0.430. The topological polar surface area (TPSA) is 131 Å². The Hall–Kier alpha value is -3.17. The van der Waals surface area contributed by atoms with Crippen LogP contribution in [0.15, 0.2) is 18.2 Å². The third kappa shape index (κ3) is 5.93. The molecule has 2 N–H and O–H groups in total. The third-order valence-corrected chi connectivity index (χ3v) is 4.11. The fourth-order valence-electron chi connectivity index (χ4n) is 2.88. The smallest absolute Gasteiger partial charge is 0.341 e. The second-order valence-corrected chi connectivity index (χ2v) is 6.76. The van der Waals surface area contributed by atoms with Crippen molar-refractivity contribution >= 4 is 29.3 Å². The van der Waals surface area contributed by atoms with Gasteiger partial charge in [0, 0.05) is 31.3 Å². The van der Waals surface area contributed by atoms with Gasteiger partial charge in [0.1, 0.15) is 0 Å². The van der Waals surface area contributed by atoms with Gasteiger partial charge < -0.3 is 15.0 Å². The van der Waals surface area contributed by atoms with E-state index in [-0.39, 0.29) is 17.3 Å². The summed E-state index contributed by atoms with van der Waals surface area (Å²) in [7, 11) is 0. The van der Waals surface area contributed by atoms with Gasteiger partial charge >= 0.3 is 12.0 Å². The molecule has 28 heavy (non-hydrogen) atoms. The van der Waals surface area contributed by atoms with Crippen molar-refractivity contribution in [3.8, 4) is 0 Å². The molecule has 1 aromatic carbocycles. The molecule has 0 atom stereocenters. The predicted octanol–water partition coefficient (Wildman–Crippen LogP) is 1.98. The number of imide groups is 1. The number of ether oxygens (including phenoxy) is 1.